The number of hydrogen-bond acceptors (Lipinski definition) is 2. The number of hydrogen-bond donors (Lipinski definition) is 2. The molecule has 16 heavy (non-hydrogen) atoms. The third-order valence-electron chi connectivity index (χ3n) is 2.52. The smallest absolute Gasteiger partial charge is 0.323 e. The van der Waals surface area contributed by atoms with Crippen molar-refractivity contribution in [1.82, 2.24) is 10.2 Å². The van der Waals surface area contributed by atoms with Crippen LogP contribution in [0.4, 0.5) is 4.79 Å². The minimum Gasteiger partial charge on any atom is -0.480 e. The molecule has 2 amide bonds. The maximum Gasteiger partial charge on any atom is 0.323 e. The number of carbonyl (C=O) groups excluding carboxylic acids is 1. The van der Waals surface area contributed by atoms with Crippen molar-refractivity contribution in [3.05, 3.63) is 35.4 Å². The van der Waals surface area contributed by atoms with Gasteiger partial charge in [0.25, 0.3) is 0 Å². The van der Waals surface area contributed by atoms with Gasteiger partial charge in [0.15, 0.2) is 0 Å². The number of carboxylic acid groups (broad SMARTS) is 1. The van der Waals surface area contributed by atoms with E-state index in [1.54, 1.807) is 4.90 Å². The van der Waals surface area contributed by atoms with Crippen molar-refractivity contribution in [2.24, 2.45) is 0 Å². The fourth-order valence-electron chi connectivity index (χ4n) is 1.74. The summed E-state index contributed by atoms with van der Waals surface area (Å²) in [6.45, 7) is 0.745. The lowest BCUT2D eigenvalue weighted by Crippen LogP contribution is -2.39. The van der Waals surface area contributed by atoms with E-state index in [0.29, 0.717) is 13.1 Å². The second-order valence-electron chi connectivity index (χ2n) is 3.68. The largest absolute Gasteiger partial charge is 0.480 e. The topological polar surface area (TPSA) is 69.6 Å². The minimum absolute atomic E-state index is 0.335. The van der Waals surface area contributed by atoms with E-state index in [1.165, 1.54) is 0 Å². The van der Waals surface area contributed by atoms with Crippen LogP contribution in [-0.4, -0.2) is 28.6 Å². The SMILES string of the molecule is O=C(O)CNC(=O)N1Cc2ccccc2C1. The monoisotopic (exact) mass is 220 g/mol. The van der Waals surface area contributed by atoms with E-state index in [9.17, 15) is 9.59 Å². The maximum atomic E-state index is 11.6. The molecular formula is C11H12N2O3. The predicted octanol–water partition coefficient (Wildman–Crippen LogP) is 0.796. The van der Waals surface area contributed by atoms with Crippen molar-refractivity contribution in [2.75, 3.05) is 6.54 Å². The molecule has 1 aromatic carbocycles. The van der Waals surface area contributed by atoms with E-state index < -0.39 is 5.97 Å². The van der Waals surface area contributed by atoms with Crippen LogP contribution >= 0.6 is 0 Å². The van der Waals surface area contributed by atoms with E-state index in [2.05, 4.69) is 5.32 Å². The molecule has 1 heterocycles. The van der Waals surface area contributed by atoms with Gasteiger partial charge in [-0.05, 0) is 11.1 Å². The molecule has 1 aliphatic rings. The second-order valence-corrected chi connectivity index (χ2v) is 3.68. The van der Waals surface area contributed by atoms with Crippen molar-refractivity contribution in [1.29, 1.82) is 0 Å². The number of nitrogens with one attached hydrogen (secondary N) is 1. The molecule has 0 aromatic heterocycles. The van der Waals surface area contributed by atoms with Gasteiger partial charge in [0, 0.05) is 13.1 Å². The van der Waals surface area contributed by atoms with Crippen LogP contribution in [0.1, 0.15) is 11.1 Å². The zero-order valence-corrected chi connectivity index (χ0v) is 8.64. The number of rotatable bonds is 2. The molecule has 0 bridgehead atoms. The number of urea groups is 1. The zero-order valence-electron chi connectivity index (χ0n) is 8.64. The van der Waals surface area contributed by atoms with Gasteiger partial charge in [-0.15, -0.1) is 0 Å². The fourth-order valence-corrected chi connectivity index (χ4v) is 1.74. The van der Waals surface area contributed by atoms with Crippen LogP contribution in [0, 0.1) is 0 Å². The molecule has 0 fully saturated rings. The van der Waals surface area contributed by atoms with Crippen molar-refractivity contribution in [3.8, 4) is 0 Å². The molecule has 2 rings (SSSR count). The molecule has 0 saturated heterocycles. The van der Waals surface area contributed by atoms with E-state index in [-0.39, 0.29) is 12.6 Å². The van der Waals surface area contributed by atoms with Gasteiger partial charge in [-0.3, -0.25) is 4.79 Å². The Kier molecular flexibility index (Phi) is 2.76. The molecule has 1 aromatic rings. The van der Waals surface area contributed by atoms with Crippen LogP contribution < -0.4 is 5.32 Å². The number of carboxylic acids is 1. The summed E-state index contributed by atoms with van der Waals surface area (Å²) in [5.74, 6) is -1.04. The Morgan fingerprint density at radius 2 is 1.81 bits per heavy atom. The average molecular weight is 220 g/mol. The Balaban J connectivity index is 1.96. The molecule has 0 saturated carbocycles. The number of benzene rings is 1. The number of carbonyl (C=O) groups is 2. The minimum atomic E-state index is -1.04. The maximum absolute atomic E-state index is 11.6. The number of aliphatic carboxylic acids is 1. The van der Waals surface area contributed by atoms with Crippen molar-refractivity contribution >= 4 is 12.0 Å². The highest BCUT2D eigenvalue weighted by Gasteiger charge is 2.22. The molecule has 84 valence electrons. The first-order chi connectivity index (χ1) is 7.66. The highest BCUT2D eigenvalue weighted by molar-refractivity contribution is 5.80. The van der Waals surface area contributed by atoms with Crippen molar-refractivity contribution in [3.63, 3.8) is 0 Å². The standard InChI is InChI=1S/C11H12N2O3/c14-10(15)5-12-11(16)13-6-8-3-1-2-4-9(8)7-13/h1-4H,5-7H2,(H,12,16)(H,14,15). The van der Waals surface area contributed by atoms with Gasteiger partial charge < -0.3 is 15.3 Å². The number of amides is 2. The Morgan fingerprint density at radius 3 is 2.31 bits per heavy atom. The molecule has 2 N–H and O–H groups in total. The molecule has 0 aliphatic carbocycles. The summed E-state index contributed by atoms with van der Waals surface area (Å²) in [7, 11) is 0. The van der Waals surface area contributed by atoms with E-state index in [1.807, 2.05) is 24.3 Å². The summed E-state index contributed by atoms with van der Waals surface area (Å²) in [4.78, 5) is 23.5. The van der Waals surface area contributed by atoms with Crippen LogP contribution in [-0.2, 0) is 17.9 Å². The first-order valence-electron chi connectivity index (χ1n) is 4.98. The second kappa shape index (κ2) is 4.22. The quantitative estimate of drug-likeness (QED) is 0.774. The summed E-state index contributed by atoms with van der Waals surface area (Å²) in [6.07, 6.45) is 0. The molecule has 5 heteroatoms. The number of fused-ring (bicyclic) bond motifs is 1. The molecule has 0 spiro atoms. The van der Waals surface area contributed by atoms with Gasteiger partial charge in [0.2, 0.25) is 0 Å². The third kappa shape index (κ3) is 2.13. The van der Waals surface area contributed by atoms with Crippen LogP contribution in [0.25, 0.3) is 0 Å². The average Bonchev–Trinajstić information content (AvgIpc) is 2.69. The summed E-state index contributed by atoms with van der Waals surface area (Å²) in [6, 6.07) is 7.47. The lowest BCUT2D eigenvalue weighted by atomic mass is 10.1. The third-order valence-corrected chi connectivity index (χ3v) is 2.52. The number of nitrogens with zero attached hydrogens (tertiary/aromatic N) is 1. The van der Waals surface area contributed by atoms with Gasteiger partial charge in [0.05, 0.1) is 0 Å². The molecule has 0 radical (unpaired) electrons. The Labute approximate surface area is 92.7 Å². The van der Waals surface area contributed by atoms with E-state index >= 15 is 0 Å². The summed E-state index contributed by atoms with van der Waals surface area (Å²) in [5.41, 5.74) is 2.24. The van der Waals surface area contributed by atoms with Crippen LogP contribution in [0.2, 0.25) is 0 Å². The molecule has 1 aliphatic heterocycles. The molecule has 0 atom stereocenters. The van der Waals surface area contributed by atoms with Gasteiger partial charge in [0.1, 0.15) is 6.54 Å². The van der Waals surface area contributed by atoms with Crippen LogP contribution in [0.15, 0.2) is 24.3 Å². The van der Waals surface area contributed by atoms with Gasteiger partial charge >= 0.3 is 12.0 Å². The highest BCUT2D eigenvalue weighted by atomic mass is 16.4. The summed E-state index contributed by atoms with van der Waals surface area (Å²) >= 11 is 0. The van der Waals surface area contributed by atoms with Gasteiger partial charge in [-0.2, -0.15) is 0 Å². The Hall–Kier alpha value is -2.04. The fraction of sp³-hybridized carbons (Fsp3) is 0.273. The Morgan fingerprint density at radius 1 is 1.25 bits per heavy atom. The summed E-state index contributed by atoms with van der Waals surface area (Å²) < 4.78 is 0. The van der Waals surface area contributed by atoms with Crippen LogP contribution in [0.3, 0.4) is 0 Å². The first kappa shape index (κ1) is 10.5. The molecular weight excluding hydrogens is 208 g/mol. The van der Waals surface area contributed by atoms with E-state index in [4.69, 9.17) is 5.11 Å². The lowest BCUT2D eigenvalue weighted by Gasteiger charge is -2.15. The van der Waals surface area contributed by atoms with Crippen molar-refractivity contribution < 1.29 is 14.7 Å². The normalized spacial score (nSPS) is 13.4. The van der Waals surface area contributed by atoms with Gasteiger partial charge in [-0.25, -0.2) is 4.79 Å². The first-order valence-corrected chi connectivity index (χ1v) is 4.98. The Bertz CT molecular complexity index is 406. The van der Waals surface area contributed by atoms with Crippen LogP contribution in [0.5, 0.6) is 0 Å². The zero-order chi connectivity index (χ0) is 11.5. The molecule has 5 nitrogen and oxygen atoms in total. The summed E-state index contributed by atoms with van der Waals surface area (Å²) in [5, 5.41) is 10.8. The van der Waals surface area contributed by atoms with Crippen molar-refractivity contribution in [2.45, 2.75) is 13.1 Å². The lowest BCUT2D eigenvalue weighted by molar-refractivity contribution is -0.135. The van der Waals surface area contributed by atoms with E-state index in [0.717, 1.165) is 11.1 Å². The highest BCUT2D eigenvalue weighted by Crippen LogP contribution is 2.21. The molecule has 0 unspecified atom stereocenters. The predicted molar refractivity (Wildman–Crippen MR) is 56.7 cm³/mol. The van der Waals surface area contributed by atoms with Gasteiger partial charge in [-0.1, -0.05) is 24.3 Å².